The van der Waals surface area contributed by atoms with E-state index in [-0.39, 0.29) is 18.5 Å². The maximum Gasteiger partial charge on any atom is 0.244 e. The van der Waals surface area contributed by atoms with E-state index in [1.165, 1.54) is 4.90 Å². The first-order valence-corrected chi connectivity index (χ1v) is 13.6. The number of nitrogens with zero attached hydrogens (tertiary/aromatic N) is 2. The molecule has 0 radical (unpaired) electrons. The molecule has 0 aliphatic carbocycles. The van der Waals surface area contributed by atoms with Crippen molar-refractivity contribution in [3.8, 4) is 0 Å². The molecule has 0 heterocycles. The molecule has 0 fully saturated rings. The fraction of sp³-hybridized carbons (Fsp3) is 0.440. The van der Waals surface area contributed by atoms with Crippen LogP contribution in [0.15, 0.2) is 48.5 Å². The molecular formula is C25H34ClN3O4S. The first-order chi connectivity index (χ1) is 16.0. The number of carbonyl (C=O) groups is 2. The summed E-state index contributed by atoms with van der Waals surface area (Å²) in [5.41, 5.74) is 1.94. The van der Waals surface area contributed by atoms with Crippen LogP contribution in [0.2, 0.25) is 5.02 Å². The van der Waals surface area contributed by atoms with Crippen LogP contribution in [0.25, 0.3) is 0 Å². The Balaban J connectivity index is 2.45. The average molecular weight is 508 g/mol. The number of halogens is 1. The second kappa shape index (κ2) is 12.2. The molecule has 34 heavy (non-hydrogen) atoms. The molecule has 7 nitrogen and oxygen atoms in total. The zero-order valence-corrected chi connectivity index (χ0v) is 22.0. The molecule has 2 aromatic carbocycles. The molecule has 0 saturated heterocycles. The molecule has 2 atom stereocenters. The minimum atomic E-state index is -3.76. The van der Waals surface area contributed by atoms with E-state index in [9.17, 15) is 18.0 Å². The van der Waals surface area contributed by atoms with E-state index in [0.717, 1.165) is 22.5 Å². The minimum absolute atomic E-state index is 0.0568. The second-order valence-electron chi connectivity index (χ2n) is 8.46. The van der Waals surface area contributed by atoms with Crippen molar-refractivity contribution in [1.29, 1.82) is 0 Å². The van der Waals surface area contributed by atoms with Gasteiger partial charge in [-0.15, -0.1) is 0 Å². The number of rotatable bonds is 11. The zero-order chi connectivity index (χ0) is 25.5. The van der Waals surface area contributed by atoms with Gasteiger partial charge in [-0.25, -0.2) is 8.42 Å². The third-order valence-corrected chi connectivity index (χ3v) is 7.16. The molecule has 0 aromatic heterocycles. The Hall–Kier alpha value is -2.58. The highest BCUT2D eigenvalue weighted by molar-refractivity contribution is 7.92. The van der Waals surface area contributed by atoms with Crippen LogP contribution in [0.1, 0.15) is 44.7 Å². The molecule has 0 bridgehead atoms. The number of anilines is 1. The van der Waals surface area contributed by atoms with Crippen LogP contribution in [0.3, 0.4) is 0 Å². The first kappa shape index (κ1) is 27.7. The summed E-state index contributed by atoms with van der Waals surface area (Å²) in [6, 6.07) is 13.2. The Morgan fingerprint density at radius 1 is 1.06 bits per heavy atom. The van der Waals surface area contributed by atoms with Crippen LogP contribution in [0.4, 0.5) is 5.69 Å². The van der Waals surface area contributed by atoms with Crippen LogP contribution >= 0.6 is 11.6 Å². The molecule has 2 rings (SSSR count). The number of hydrogen-bond acceptors (Lipinski definition) is 4. The average Bonchev–Trinajstić information content (AvgIpc) is 2.77. The van der Waals surface area contributed by atoms with E-state index in [1.54, 1.807) is 42.5 Å². The lowest BCUT2D eigenvalue weighted by Crippen LogP contribution is -2.53. The molecule has 0 aliphatic rings. The molecule has 0 spiro atoms. The lowest BCUT2D eigenvalue weighted by atomic mass is 10.1. The van der Waals surface area contributed by atoms with Crippen molar-refractivity contribution in [2.45, 2.75) is 59.2 Å². The highest BCUT2D eigenvalue weighted by Gasteiger charge is 2.32. The van der Waals surface area contributed by atoms with E-state index in [0.29, 0.717) is 22.7 Å². The first-order valence-electron chi connectivity index (χ1n) is 11.4. The van der Waals surface area contributed by atoms with Crippen LogP contribution < -0.4 is 9.62 Å². The summed E-state index contributed by atoms with van der Waals surface area (Å²) in [4.78, 5) is 28.1. The van der Waals surface area contributed by atoms with Crippen molar-refractivity contribution in [2.24, 2.45) is 0 Å². The molecule has 0 aliphatic heterocycles. The van der Waals surface area contributed by atoms with E-state index >= 15 is 0 Å². The highest BCUT2D eigenvalue weighted by Crippen LogP contribution is 2.23. The minimum Gasteiger partial charge on any atom is -0.352 e. The standard InChI is InChI=1S/C25H34ClN3O4S/c1-6-19(4)27-25(31)23(7-2)28(16-20-12-8-9-14-22(20)26)24(30)17-29(34(5,32)33)21-13-10-11-18(3)15-21/h8-15,19,23H,6-7,16-17H2,1-5H3,(H,27,31)/t19-,23-/m0/s1. The summed E-state index contributed by atoms with van der Waals surface area (Å²) in [7, 11) is -3.76. The maximum atomic E-state index is 13.6. The van der Waals surface area contributed by atoms with Crippen LogP contribution in [-0.2, 0) is 26.2 Å². The smallest absolute Gasteiger partial charge is 0.244 e. The lowest BCUT2D eigenvalue weighted by molar-refractivity contribution is -0.140. The fourth-order valence-electron chi connectivity index (χ4n) is 3.57. The van der Waals surface area contributed by atoms with Crippen molar-refractivity contribution < 1.29 is 18.0 Å². The van der Waals surface area contributed by atoms with E-state index < -0.39 is 28.5 Å². The monoisotopic (exact) mass is 507 g/mol. The number of nitrogens with one attached hydrogen (secondary N) is 1. The third-order valence-electron chi connectivity index (χ3n) is 5.65. The van der Waals surface area contributed by atoms with E-state index in [4.69, 9.17) is 11.6 Å². The Morgan fingerprint density at radius 3 is 2.29 bits per heavy atom. The van der Waals surface area contributed by atoms with Gasteiger partial charge in [-0.2, -0.15) is 0 Å². The Kier molecular flexibility index (Phi) is 9.94. The lowest BCUT2D eigenvalue weighted by Gasteiger charge is -2.33. The molecule has 0 saturated carbocycles. The molecule has 2 aromatic rings. The van der Waals surface area contributed by atoms with Gasteiger partial charge >= 0.3 is 0 Å². The number of sulfonamides is 1. The van der Waals surface area contributed by atoms with Crippen LogP contribution in [0, 0.1) is 6.92 Å². The Bertz CT molecular complexity index is 1110. The van der Waals surface area contributed by atoms with Gasteiger partial charge < -0.3 is 10.2 Å². The van der Waals surface area contributed by atoms with Gasteiger partial charge in [-0.3, -0.25) is 13.9 Å². The molecule has 0 unspecified atom stereocenters. The topological polar surface area (TPSA) is 86.8 Å². The number of benzene rings is 2. The SMILES string of the molecule is CC[C@H](C)NC(=O)[C@H](CC)N(Cc1ccccc1Cl)C(=O)CN(c1cccc(C)c1)S(C)(=O)=O. The zero-order valence-electron chi connectivity index (χ0n) is 20.4. The van der Waals surface area contributed by atoms with Gasteiger partial charge in [0.1, 0.15) is 12.6 Å². The number of carbonyl (C=O) groups excluding carboxylic acids is 2. The fourth-order valence-corrected chi connectivity index (χ4v) is 4.60. The van der Waals surface area contributed by atoms with Gasteiger partial charge in [0, 0.05) is 17.6 Å². The number of amides is 2. The molecule has 2 amide bonds. The van der Waals surface area contributed by atoms with E-state index in [1.807, 2.05) is 33.8 Å². The van der Waals surface area contributed by atoms with Crippen LogP contribution in [-0.4, -0.2) is 50.0 Å². The van der Waals surface area contributed by atoms with Gasteiger partial charge in [-0.1, -0.05) is 55.8 Å². The third kappa shape index (κ3) is 7.46. The van der Waals surface area contributed by atoms with Gasteiger partial charge in [0.15, 0.2) is 0 Å². The van der Waals surface area contributed by atoms with Crippen molar-refractivity contribution >= 4 is 39.1 Å². The summed E-state index contributed by atoms with van der Waals surface area (Å²) in [6.07, 6.45) is 2.17. The summed E-state index contributed by atoms with van der Waals surface area (Å²) >= 11 is 6.35. The number of aryl methyl sites for hydroxylation is 1. The summed E-state index contributed by atoms with van der Waals surface area (Å²) in [6.45, 7) is 7.18. The largest absolute Gasteiger partial charge is 0.352 e. The van der Waals surface area contributed by atoms with Crippen LogP contribution in [0.5, 0.6) is 0 Å². The molecular weight excluding hydrogens is 474 g/mol. The van der Waals surface area contributed by atoms with Crippen molar-refractivity contribution in [1.82, 2.24) is 10.2 Å². The van der Waals surface area contributed by atoms with E-state index in [2.05, 4.69) is 5.32 Å². The second-order valence-corrected chi connectivity index (χ2v) is 10.8. The summed E-state index contributed by atoms with van der Waals surface area (Å²) in [5.74, 6) is -0.767. The summed E-state index contributed by atoms with van der Waals surface area (Å²) < 4.78 is 26.3. The molecule has 186 valence electrons. The van der Waals surface area contributed by atoms with Gasteiger partial charge in [0.2, 0.25) is 21.8 Å². The molecule has 1 N–H and O–H groups in total. The normalized spacial score (nSPS) is 13.1. The van der Waals surface area contributed by atoms with Crippen molar-refractivity contribution in [2.75, 3.05) is 17.1 Å². The predicted octanol–water partition coefficient (Wildman–Crippen LogP) is 4.14. The Labute approximate surface area is 208 Å². The van der Waals surface area contributed by atoms with Crippen molar-refractivity contribution in [3.05, 3.63) is 64.7 Å². The highest BCUT2D eigenvalue weighted by atomic mass is 35.5. The maximum absolute atomic E-state index is 13.6. The summed E-state index contributed by atoms with van der Waals surface area (Å²) in [5, 5.41) is 3.41. The van der Waals surface area contributed by atoms with Gasteiger partial charge in [0.25, 0.3) is 0 Å². The van der Waals surface area contributed by atoms with Gasteiger partial charge in [-0.05, 0) is 56.0 Å². The predicted molar refractivity (Wildman–Crippen MR) is 137 cm³/mol. The Morgan fingerprint density at radius 2 is 1.74 bits per heavy atom. The van der Waals surface area contributed by atoms with Gasteiger partial charge in [0.05, 0.1) is 11.9 Å². The number of hydrogen-bond donors (Lipinski definition) is 1. The molecule has 9 heteroatoms. The quantitative estimate of drug-likeness (QED) is 0.495. The van der Waals surface area contributed by atoms with Crippen molar-refractivity contribution in [3.63, 3.8) is 0 Å².